The number of allylic oxidation sites excluding steroid dienone is 1. The molecule has 1 aliphatic rings. The summed E-state index contributed by atoms with van der Waals surface area (Å²) in [7, 11) is 0. The molecule has 0 aliphatic carbocycles. The second-order valence-electron chi connectivity index (χ2n) is 6.25. The number of alkyl halides is 1. The summed E-state index contributed by atoms with van der Waals surface area (Å²) in [6, 6.07) is 0. The van der Waals surface area contributed by atoms with E-state index < -0.39 is 42.4 Å². The van der Waals surface area contributed by atoms with Crippen molar-refractivity contribution in [3.05, 3.63) is 29.3 Å². The number of esters is 2. The van der Waals surface area contributed by atoms with Crippen LogP contribution in [0, 0.1) is 0 Å². The normalized spacial score (nSPS) is 23.8. The van der Waals surface area contributed by atoms with Gasteiger partial charge in [-0.2, -0.15) is 4.98 Å². The third kappa shape index (κ3) is 3.70. The number of rotatable bonds is 6. The molecule has 2 N–H and O–H groups in total. The molecule has 1 fully saturated rings. The van der Waals surface area contributed by atoms with E-state index in [4.69, 9.17) is 19.9 Å². The van der Waals surface area contributed by atoms with Crippen LogP contribution in [0.1, 0.15) is 26.5 Å². The van der Waals surface area contributed by atoms with Gasteiger partial charge >= 0.3 is 17.6 Å². The van der Waals surface area contributed by atoms with Crippen molar-refractivity contribution in [2.24, 2.45) is 0 Å². The lowest BCUT2D eigenvalue weighted by molar-refractivity contribution is -0.188. The van der Waals surface area contributed by atoms with Gasteiger partial charge in [0.05, 0.1) is 6.20 Å². The molecule has 0 unspecified atom stereocenters. The molecule has 0 aromatic carbocycles. The summed E-state index contributed by atoms with van der Waals surface area (Å²) in [4.78, 5) is 44.1. The number of hydrogen-bond donors (Lipinski definition) is 1. The highest BCUT2D eigenvalue weighted by Gasteiger charge is 2.51. The average Bonchev–Trinajstić information content (AvgIpc) is 3.10. The predicted octanol–water partition coefficient (Wildman–Crippen LogP) is 0.439. The number of carbonyl (C=O) groups excluding carboxylic acids is 2. The maximum Gasteiger partial charge on any atom is 0.332 e. The Kier molecular flexibility index (Phi) is 5.64. The van der Waals surface area contributed by atoms with Crippen LogP contribution in [0.4, 0.5) is 10.3 Å². The van der Waals surface area contributed by atoms with Gasteiger partial charge in [0.1, 0.15) is 5.52 Å². The molecule has 3 heterocycles. The molecule has 11 nitrogen and oxygen atoms in total. The smallest absolute Gasteiger partial charge is 0.332 e. The Morgan fingerprint density at radius 2 is 2.17 bits per heavy atom. The minimum atomic E-state index is -2.02. The molecule has 1 saturated heterocycles. The van der Waals surface area contributed by atoms with Crippen LogP contribution in [-0.4, -0.2) is 49.6 Å². The van der Waals surface area contributed by atoms with E-state index in [1.54, 1.807) is 0 Å². The van der Waals surface area contributed by atoms with Crippen LogP contribution in [0.2, 0.25) is 0 Å². The zero-order chi connectivity index (χ0) is 21.3. The van der Waals surface area contributed by atoms with Gasteiger partial charge < -0.3 is 19.9 Å². The molecule has 156 valence electrons. The number of nitrogens with zero attached hydrogens (tertiary/aromatic N) is 4. The first-order valence-electron chi connectivity index (χ1n) is 8.78. The topological polar surface area (TPSA) is 141 Å². The standard InChI is InChI=1S/C17H20FN5O6/c1-4-6-22-9-7-20-16(19)21-13(9)23(17(22)26)14-12(27-8(3)24)11(18)15(29-14)28-10(25)5-2/h4,7,11-12,14-15H,1,5-6H2,2-3H3,(H2,19,20,21)/t11-,12-,14-,15+/m1/s1. The maximum atomic E-state index is 14.9. The number of nitrogens with two attached hydrogens (primary N) is 1. The van der Waals surface area contributed by atoms with Crippen LogP contribution in [0.25, 0.3) is 11.2 Å². The van der Waals surface area contributed by atoms with Gasteiger partial charge in [0.25, 0.3) is 0 Å². The first-order chi connectivity index (χ1) is 13.8. The van der Waals surface area contributed by atoms with E-state index in [-0.39, 0.29) is 24.6 Å². The van der Waals surface area contributed by atoms with Gasteiger partial charge in [0.2, 0.25) is 18.4 Å². The van der Waals surface area contributed by atoms with Gasteiger partial charge in [0, 0.05) is 19.9 Å². The lowest BCUT2D eigenvalue weighted by Crippen LogP contribution is -2.37. The van der Waals surface area contributed by atoms with Crippen LogP contribution in [0.15, 0.2) is 23.6 Å². The number of imidazole rings is 1. The van der Waals surface area contributed by atoms with Gasteiger partial charge in [-0.05, 0) is 0 Å². The van der Waals surface area contributed by atoms with Crippen molar-refractivity contribution in [1.82, 2.24) is 19.1 Å². The molecule has 2 aromatic heterocycles. The summed E-state index contributed by atoms with van der Waals surface area (Å²) < 4.78 is 32.7. The Bertz CT molecular complexity index is 1020. The molecule has 0 saturated carbocycles. The fraction of sp³-hybridized carbons (Fsp3) is 0.471. The van der Waals surface area contributed by atoms with E-state index in [2.05, 4.69) is 16.5 Å². The minimum absolute atomic E-state index is 0.0160. The number of fused-ring (bicyclic) bond motifs is 1. The fourth-order valence-electron chi connectivity index (χ4n) is 3.04. The average molecular weight is 409 g/mol. The number of carbonyl (C=O) groups is 2. The molecule has 29 heavy (non-hydrogen) atoms. The number of halogens is 1. The summed E-state index contributed by atoms with van der Waals surface area (Å²) in [5.74, 6) is -1.64. The quantitative estimate of drug-likeness (QED) is 0.531. The van der Waals surface area contributed by atoms with Gasteiger partial charge in [-0.25, -0.2) is 18.7 Å². The van der Waals surface area contributed by atoms with E-state index >= 15 is 0 Å². The Balaban J connectivity index is 2.14. The highest BCUT2D eigenvalue weighted by atomic mass is 19.1. The number of nitrogen functional groups attached to an aromatic ring is 1. The van der Waals surface area contributed by atoms with E-state index in [1.807, 2.05) is 0 Å². The summed E-state index contributed by atoms with van der Waals surface area (Å²) in [5, 5.41) is 0. The molecule has 0 amide bonds. The molecule has 3 rings (SSSR count). The van der Waals surface area contributed by atoms with Crippen molar-refractivity contribution in [1.29, 1.82) is 0 Å². The molecule has 0 bridgehead atoms. The maximum absolute atomic E-state index is 14.9. The number of hydrogen-bond acceptors (Lipinski definition) is 9. The highest BCUT2D eigenvalue weighted by molar-refractivity contribution is 5.72. The molecular formula is C17H20FN5O6. The van der Waals surface area contributed by atoms with E-state index in [0.717, 1.165) is 11.5 Å². The molecule has 2 aromatic rings. The zero-order valence-corrected chi connectivity index (χ0v) is 15.8. The zero-order valence-electron chi connectivity index (χ0n) is 15.8. The monoisotopic (exact) mass is 409 g/mol. The van der Waals surface area contributed by atoms with Crippen LogP contribution in [0.5, 0.6) is 0 Å². The molecule has 1 aliphatic heterocycles. The van der Waals surface area contributed by atoms with Crippen molar-refractivity contribution in [2.45, 2.75) is 51.6 Å². The van der Waals surface area contributed by atoms with Gasteiger partial charge in [-0.3, -0.25) is 14.2 Å². The van der Waals surface area contributed by atoms with Crippen molar-refractivity contribution in [2.75, 3.05) is 5.73 Å². The largest absolute Gasteiger partial charge is 0.454 e. The lowest BCUT2D eigenvalue weighted by atomic mass is 10.2. The Labute approximate surface area is 163 Å². The Morgan fingerprint density at radius 3 is 2.79 bits per heavy atom. The van der Waals surface area contributed by atoms with Crippen molar-refractivity contribution in [3.8, 4) is 0 Å². The summed E-state index contributed by atoms with van der Waals surface area (Å²) in [5.41, 5.74) is 5.33. The first kappa shape index (κ1) is 20.5. The lowest BCUT2D eigenvalue weighted by Gasteiger charge is -2.19. The Hall–Kier alpha value is -3.28. The number of aromatic nitrogens is 4. The van der Waals surface area contributed by atoms with Crippen molar-refractivity contribution >= 4 is 29.1 Å². The van der Waals surface area contributed by atoms with E-state index in [1.165, 1.54) is 23.8 Å². The molecular weight excluding hydrogens is 389 g/mol. The molecule has 12 heteroatoms. The Morgan fingerprint density at radius 1 is 1.45 bits per heavy atom. The molecule has 4 atom stereocenters. The van der Waals surface area contributed by atoms with Crippen LogP contribution < -0.4 is 11.4 Å². The molecule has 0 spiro atoms. The highest BCUT2D eigenvalue weighted by Crippen LogP contribution is 2.35. The van der Waals surface area contributed by atoms with Crippen LogP contribution >= 0.6 is 0 Å². The number of anilines is 1. The summed E-state index contributed by atoms with van der Waals surface area (Å²) in [6.07, 6.45) is -3.90. The van der Waals surface area contributed by atoms with Crippen molar-refractivity contribution < 1.29 is 28.2 Å². The third-order valence-corrected chi connectivity index (χ3v) is 4.26. The first-order valence-corrected chi connectivity index (χ1v) is 8.78. The van der Waals surface area contributed by atoms with Crippen LogP contribution in [-0.2, 0) is 30.3 Å². The second-order valence-corrected chi connectivity index (χ2v) is 6.25. The fourth-order valence-corrected chi connectivity index (χ4v) is 3.04. The predicted molar refractivity (Wildman–Crippen MR) is 97.1 cm³/mol. The van der Waals surface area contributed by atoms with E-state index in [9.17, 15) is 18.8 Å². The second kappa shape index (κ2) is 7.99. The van der Waals surface area contributed by atoms with E-state index in [0.29, 0.717) is 5.52 Å². The van der Waals surface area contributed by atoms with Crippen LogP contribution in [0.3, 0.4) is 0 Å². The minimum Gasteiger partial charge on any atom is -0.454 e. The van der Waals surface area contributed by atoms with Gasteiger partial charge in [-0.15, -0.1) is 6.58 Å². The third-order valence-electron chi connectivity index (χ3n) is 4.26. The summed E-state index contributed by atoms with van der Waals surface area (Å²) >= 11 is 0. The summed E-state index contributed by atoms with van der Waals surface area (Å²) in [6.45, 7) is 6.31. The van der Waals surface area contributed by atoms with Gasteiger partial charge in [-0.1, -0.05) is 13.0 Å². The van der Waals surface area contributed by atoms with Crippen molar-refractivity contribution in [3.63, 3.8) is 0 Å². The molecule has 0 radical (unpaired) electrons. The SMILES string of the molecule is C=CCn1c(=O)n([C@@H]2O[C@H](OC(=O)CC)[C@H](F)[C@H]2OC(C)=O)c2nc(N)ncc21. The number of ether oxygens (including phenoxy) is 3. The van der Waals surface area contributed by atoms with Gasteiger partial charge in [0.15, 0.2) is 18.0 Å².